The number of nitrogens with one attached hydrogen (secondary N) is 2. The Labute approximate surface area is 162 Å². The number of sulfonamides is 1. The van der Waals surface area contributed by atoms with Crippen LogP contribution in [0.4, 0.5) is 11.4 Å². The van der Waals surface area contributed by atoms with Crippen LogP contribution in [0.2, 0.25) is 0 Å². The number of carbonyl (C=O) groups is 1. The first-order chi connectivity index (χ1) is 12.8. The van der Waals surface area contributed by atoms with E-state index in [-0.39, 0.29) is 12.3 Å². The molecule has 0 radical (unpaired) electrons. The molecule has 27 heavy (non-hydrogen) atoms. The third kappa shape index (κ3) is 5.38. The van der Waals surface area contributed by atoms with Gasteiger partial charge in [-0.1, -0.05) is 30.3 Å². The maximum Gasteiger partial charge on any atom is 0.231 e. The summed E-state index contributed by atoms with van der Waals surface area (Å²) in [6, 6.07) is 14.6. The molecule has 140 valence electrons. The summed E-state index contributed by atoms with van der Waals surface area (Å²) in [6.45, 7) is 1.94. The van der Waals surface area contributed by atoms with E-state index in [1.807, 2.05) is 36.6 Å². The molecule has 6 nitrogen and oxygen atoms in total. The highest BCUT2D eigenvalue weighted by Gasteiger charge is 2.11. The number of thiazole rings is 1. The van der Waals surface area contributed by atoms with E-state index in [2.05, 4.69) is 15.0 Å². The van der Waals surface area contributed by atoms with Gasteiger partial charge in [0.15, 0.2) is 0 Å². The van der Waals surface area contributed by atoms with Gasteiger partial charge >= 0.3 is 0 Å². The molecular weight excluding hydrogens is 382 g/mol. The Bertz CT molecular complexity index is 1060. The zero-order valence-electron chi connectivity index (χ0n) is 14.9. The van der Waals surface area contributed by atoms with Crippen molar-refractivity contribution in [2.24, 2.45) is 0 Å². The van der Waals surface area contributed by atoms with Crippen molar-refractivity contribution in [3.05, 3.63) is 64.5 Å². The second-order valence-corrected chi connectivity index (χ2v) is 8.81. The number of carbonyl (C=O) groups excluding carboxylic acids is 1. The average Bonchev–Trinajstić information content (AvgIpc) is 3.04. The fourth-order valence-electron chi connectivity index (χ4n) is 2.49. The van der Waals surface area contributed by atoms with Gasteiger partial charge in [-0.15, -0.1) is 11.3 Å². The summed E-state index contributed by atoms with van der Waals surface area (Å²) >= 11 is 1.42. The van der Waals surface area contributed by atoms with Crippen molar-refractivity contribution >= 4 is 38.6 Å². The molecule has 0 unspecified atom stereocenters. The van der Waals surface area contributed by atoms with E-state index in [0.717, 1.165) is 33.8 Å². The van der Waals surface area contributed by atoms with Gasteiger partial charge in [-0.2, -0.15) is 0 Å². The number of para-hydroxylation sites is 1. The first-order valence-corrected chi connectivity index (χ1v) is 11.0. The van der Waals surface area contributed by atoms with Crippen molar-refractivity contribution in [3.63, 3.8) is 0 Å². The van der Waals surface area contributed by atoms with Crippen LogP contribution in [0.15, 0.2) is 53.9 Å². The van der Waals surface area contributed by atoms with E-state index in [1.54, 1.807) is 24.3 Å². The topological polar surface area (TPSA) is 88.2 Å². The molecule has 8 heteroatoms. The number of hydrogen-bond acceptors (Lipinski definition) is 5. The van der Waals surface area contributed by atoms with Gasteiger partial charge in [0.25, 0.3) is 0 Å². The predicted molar refractivity (Wildman–Crippen MR) is 110 cm³/mol. The molecule has 0 aliphatic carbocycles. The molecule has 0 saturated carbocycles. The minimum absolute atomic E-state index is 0.113. The zero-order chi connectivity index (χ0) is 19.4. The fourth-order valence-corrected chi connectivity index (χ4v) is 3.86. The third-order valence-electron chi connectivity index (χ3n) is 3.77. The highest BCUT2D eigenvalue weighted by atomic mass is 32.2. The molecule has 1 amide bonds. The number of hydrogen-bond donors (Lipinski definition) is 2. The summed E-state index contributed by atoms with van der Waals surface area (Å²) in [5, 5.41) is 5.50. The fraction of sp³-hybridized carbons (Fsp3) is 0.158. The molecule has 3 rings (SSSR count). The molecule has 0 saturated heterocycles. The number of nitrogens with zero attached hydrogens (tertiary/aromatic N) is 1. The monoisotopic (exact) mass is 401 g/mol. The van der Waals surface area contributed by atoms with Crippen molar-refractivity contribution in [2.45, 2.75) is 13.3 Å². The van der Waals surface area contributed by atoms with Crippen molar-refractivity contribution in [1.29, 1.82) is 0 Å². The number of rotatable bonds is 6. The number of benzene rings is 2. The van der Waals surface area contributed by atoms with E-state index < -0.39 is 10.0 Å². The maximum absolute atomic E-state index is 12.2. The largest absolute Gasteiger partial charge is 0.325 e. The Balaban J connectivity index is 1.66. The summed E-state index contributed by atoms with van der Waals surface area (Å²) in [5.41, 5.74) is 3.91. The summed E-state index contributed by atoms with van der Waals surface area (Å²) in [5.74, 6) is -0.113. The number of aromatic nitrogens is 1. The van der Waals surface area contributed by atoms with E-state index >= 15 is 0 Å². The maximum atomic E-state index is 12.2. The minimum atomic E-state index is -3.30. The first-order valence-electron chi connectivity index (χ1n) is 8.18. The third-order valence-corrected chi connectivity index (χ3v) is 5.22. The summed E-state index contributed by atoms with van der Waals surface area (Å²) < 4.78 is 24.9. The molecule has 2 N–H and O–H groups in total. The van der Waals surface area contributed by atoms with Crippen LogP contribution in [0.3, 0.4) is 0 Å². The van der Waals surface area contributed by atoms with Crippen LogP contribution in [-0.4, -0.2) is 25.6 Å². The Kier molecular flexibility index (Phi) is 5.57. The Hall–Kier alpha value is -2.71. The molecule has 0 aliphatic heterocycles. The molecular formula is C19H19N3O3S2. The molecule has 0 spiro atoms. The van der Waals surface area contributed by atoms with Crippen LogP contribution < -0.4 is 10.0 Å². The van der Waals surface area contributed by atoms with Crippen LogP contribution >= 0.6 is 11.3 Å². The Morgan fingerprint density at radius 3 is 2.48 bits per heavy atom. The smallest absolute Gasteiger partial charge is 0.231 e. The first kappa shape index (κ1) is 19.1. The van der Waals surface area contributed by atoms with Crippen LogP contribution in [0.5, 0.6) is 0 Å². The molecule has 2 aromatic carbocycles. The SMILES string of the molecule is Cc1ccccc1NC(=O)Cc1nc(-c2ccc(NS(C)(=O)=O)cc2)cs1. The average molecular weight is 402 g/mol. The van der Waals surface area contributed by atoms with Crippen LogP contribution in [0.25, 0.3) is 11.3 Å². The van der Waals surface area contributed by atoms with Crippen LogP contribution in [0, 0.1) is 6.92 Å². The van der Waals surface area contributed by atoms with Gasteiger partial charge in [0.1, 0.15) is 5.01 Å². The lowest BCUT2D eigenvalue weighted by molar-refractivity contribution is -0.115. The van der Waals surface area contributed by atoms with E-state index in [1.165, 1.54) is 11.3 Å². The number of aryl methyl sites for hydroxylation is 1. The second-order valence-electron chi connectivity index (χ2n) is 6.12. The van der Waals surface area contributed by atoms with Crippen molar-refractivity contribution in [2.75, 3.05) is 16.3 Å². The van der Waals surface area contributed by atoms with E-state index in [0.29, 0.717) is 5.69 Å². The van der Waals surface area contributed by atoms with Gasteiger partial charge in [-0.25, -0.2) is 13.4 Å². The van der Waals surface area contributed by atoms with E-state index in [9.17, 15) is 13.2 Å². The summed E-state index contributed by atoms with van der Waals surface area (Å²) in [6.07, 6.45) is 1.31. The van der Waals surface area contributed by atoms with Crippen LogP contribution in [0.1, 0.15) is 10.6 Å². The lowest BCUT2D eigenvalue weighted by Crippen LogP contribution is -2.14. The molecule has 0 bridgehead atoms. The lowest BCUT2D eigenvalue weighted by Gasteiger charge is -2.06. The molecule has 1 aromatic heterocycles. The van der Waals surface area contributed by atoms with Crippen molar-refractivity contribution in [1.82, 2.24) is 4.98 Å². The van der Waals surface area contributed by atoms with Gasteiger partial charge < -0.3 is 5.32 Å². The Morgan fingerprint density at radius 1 is 1.11 bits per heavy atom. The second kappa shape index (κ2) is 7.89. The molecule has 3 aromatic rings. The van der Waals surface area contributed by atoms with Gasteiger partial charge in [0.2, 0.25) is 15.9 Å². The highest BCUT2D eigenvalue weighted by molar-refractivity contribution is 7.92. The molecule has 1 heterocycles. The molecule has 0 atom stereocenters. The molecule has 0 fully saturated rings. The minimum Gasteiger partial charge on any atom is -0.325 e. The zero-order valence-corrected chi connectivity index (χ0v) is 16.5. The van der Waals surface area contributed by atoms with Crippen LogP contribution in [-0.2, 0) is 21.2 Å². The quantitative estimate of drug-likeness (QED) is 0.660. The normalized spacial score (nSPS) is 11.2. The summed E-state index contributed by atoms with van der Waals surface area (Å²) in [7, 11) is -3.30. The number of amides is 1. The summed E-state index contributed by atoms with van der Waals surface area (Å²) in [4.78, 5) is 16.8. The standard InChI is InChI=1S/C19H19N3O3S2/c1-13-5-3-4-6-16(13)20-18(23)11-19-21-17(12-26-19)14-7-9-15(10-8-14)22-27(2,24)25/h3-10,12,22H,11H2,1-2H3,(H,20,23). The van der Waals surface area contributed by atoms with Gasteiger partial charge in [-0.05, 0) is 30.7 Å². The van der Waals surface area contributed by atoms with Crippen molar-refractivity contribution in [3.8, 4) is 11.3 Å². The van der Waals surface area contributed by atoms with E-state index in [4.69, 9.17) is 0 Å². The predicted octanol–water partition coefficient (Wildman–Crippen LogP) is 3.67. The number of anilines is 2. The molecule has 0 aliphatic rings. The van der Waals surface area contributed by atoms with Crippen molar-refractivity contribution < 1.29 is 13.2 Å². The highest BCUT2D eigenvalue weighted by Crippen LogP contribution is 2.24. The lowest BCUT2D eigenvalue weighted by atomic mass is 10.1. The van der Waals surface area contributed by atoms with Gasteiger partial charge in [0, 0.05) is 22.3 Å². The van der Waals surface area contributed by atoms with Gasteiger partial charge in [-0.3, -0.25) is 9.52 Å². The Morgan fingerprint density at radius 2 is 1.81 bits per heavy atom. The van der Waals surface area contributed by atoms with Gasteiger partial charge in [0.05, 0.1) is 18.4 Å².